The van der Waals surface area contributed by atoms with Gasteiger partial charge in [-0.1, -0.05) is 18.6 Å². The first-order valence-electron chi connectivity index (χ1n) is 9.76. The number of aromatic nitrogens is 1. The zero-order valence-corrected chi connectivity index (χ0v) is 17.1. The van der Waals surface area contributed by atoms with Crippen molar-refractivity contribution in [3.05, 3.63) is 81.3 Å². The lowest BCUT2D eigenvalue weighted by Gasteiger charge is -2.08. The average Bonchev–Trinajstić information content (AvgIpc) is 3.00. The van der Waals surface area contributed by atoms with Gasteiger partial charge in [0.2, 0.25) is 0 Å². The lowest BCUT2D eigenvalue weighted by Crippen LogP contribution is -2.13. The molecule has 0 saturated heterocycles. The second kappa shape index (κ2) is 10.2. The Morgan fingerprint density at radius 2 is 1.68 bits per heavy atom. The van der Waals surface area contributed by atoms with E-state index in [0.717, 1.165) is 30.5 Å². The smallest absolute Gasteiger partial charge is 0.256 e. The van der Waals surface area contributed by atoms with Crippen molar-refractivity contribution in [1.82, 2.24) is 4.98 Å². The summed E-state index contributed by atoms with van der Waals surface area (Å²) in [4.78, 5) is 18.2. The molecule has 1 amide bonds. The normalized spacial score (nSPS) is 12.9. The second-order valence-corrected chi connectivity index (χ2v) is 7.76. The zero-order valence-electron chi connectivity index (χ0n) is 16.3. The molecular formula is C23H27N3OS. The average molecular weight is 394 g/mol. The Kier molecular flexibility index (Phi) is 7.34. The molecule has 2 aromatic heterocycles. The highest BCUT2D eigenvalue weighted by Crippen LogP contribution is 2.30. The fourth-order valence-electron chi connectivity index (χ4n) is 3.50. The van der Waals surface area contributed by atoms with E-state index in [4.69, 9.17) is 0 Å². The van der Waals surface area contributed by atoms with Gasteiger partial charge in [0.1, 0.15) is 0 Å². The first-order valence-corrected chi connectivity index (χ1v) is 10.6. The Bertz CT molecular complexity index is 888. The van der Waals surface area contributed by atoms with Crippen molar-refractivity contribution in [2.75, 3.05) is 12.4 Å². The number of rotatable bonds is 4. The van der Waals surface area contributed by atoms with Crippen LogP contribution in [0.4, 0.5) is 5.69 Å². The molecule has 5 heteroatoms. The van der Waals surface area contributed by atoms with Crippen LogP contribution >= 0.6 is 11.3 Å². The first kappa shape index (κ1) is 20.2. The minimum Gasteiger partial charge on any atom is -0.333 e. The molecule has 28 heavy (non-hydrogen) atoms. The van der Waals surface area contributed by atoms with E-state index in [-0.39, 0.29) is 5.91 Å². The van der Waals surface area contributed by atoms with E-state index in [1.54, 1.807) is 11.3 Å². The molecule has 0 atom stereocenters. The number of carbonyl (C=O) groups excluding carboxylic acids is 1. The van der Waals surface area contributed by atoms with Crippen molar-refractivity contribution in [1.29, 1.82) is 0 Å². The first-order chi connectivity index (χ1) is 13.8. The Labute approximate surface area is 170 Å². The fourth-order valence-corrected chi connectivity index (χ4v) is 4.63. The number of fused-ring (bicyclic) bond motifs is 1. The minimum absolute atomic E-state index is 0.0197. The van der Waals surface area contributed by atoms with Crippen LogP contribution in [-0.4, -0.2) is 17.9 Å². The Morgan fingerprint density at radius 3 is 2.43 bits per heavy atom. The molecule has 3 aromatic rings. The summed E-state index contributed by atoms with van der Waals surface area (Å²) in [7, 11) is 1.50. The Balaban J connectivity index is 0.00000109. The number of nitrogens with one attached hydrogen (secondary N) is 1. The maximum Gasteiger partial charge on any atom is 0.256 e. The van der Waals surface area contributed by atoms with Gasteiger partial charge >= 0.3 is 0 Å². The number of nitrogens with zero attached hydrogens (tertiary/aromatic N) is 1. The Hall–Kier alpha value is -2.50. The van der Waals surface area contributed by atoms with Crippen LogP contribution in [0.5, 0.6) is 0 Å². The number of benzene rings is 1. The molecule has 146 valence electrons. The molecule has 3 N–H and O–H groups in total. The molecule has 4 rings (SSSR count). The van der Waals surface area contributed by atoms with Crippen LogP contribution < -0.4 is 11.1 Å². The third-order valence-corrected chi connectivity index (χ3v) is 6.01. The van der Waals surface area contributed by atoms with Gasteiger partial charge in [0.05, 0.1) is 5.56 Å². The van der Waals surface area contributed by atoms with Gasteiger partial charge in [0.15, 0.2) is 0 Å². The summed E-state index contributed by atoms with van der Waals surface area (Å²) in [6.45, 7) is 0. The molecule has 1 aliphatic carbocycles. The zero-order chi connectivity index (χ0) is 19.8. The topological polar surface area (TPSA) is 68.0 Å². The molecule has 0 fully saturated rings. The van der Waals surface area contributed by atoms with Crippen molar-refractivity contribution >= 4 is 22.9 Å². The molecule has 1 aromatic carbocycles. The summed E-state index contributed by atoms with van der Waals surface area (Å²) in [5, 5.41) is 5.09. The summed E-state index contributed by atoms with van der Waals surface area (Å²) < 4.78 is 0. The van der Waals surface area contributed by atoms with E-state index in [0.29, 0.717) is 0 Å². The number of anilines is 1. The minimum atomic E-state index is 0.0197. The molecule has 0 radical (unpaired) electrons. The van der Waals surface area contributed by atoms with Crippen LogP contribution in [0.15, 0.2) is 54.2 Å². The van der Waals surface area contributed by atoms with Gasteiger partial charge in [-0.2, -0.15) is 0 Å². The van der Waals surface area contributed by atoms with Gasteiger partial charge in [-0.3, -0.25) is 9.78 Å². The van der Waals surface area contributed by atoms with Gasteiger partial charge in [-0.05, 0) is 80.1 Å². The molecule has 0 bridgehead atoms. The number of nitrogens with two attached hydrogens (primary N) is 1. The second-order valence-electron chi connectivity index (χ2n) is 6.80. The SMILES string of the molecule is CN.O=C(Nc1ccc(Cc2ccncc2)cc1)c1csc2c1CCCCC2. The van der Waals surface area contributed by atoms with Crippen LogP contribution in [0.3, 0.4) is 0 Å². The summed E-state index contributed by atoms with van der Waals surface area (Å²) in [5.74, 6) is 0.0197. The highest BCUT2D eigenvalue weighted by atomic mass is 32.1. The van der Waals surface area contributed by atoms with Gasteiger partial charge in [0, 0.05) is 28.3 Å². The third-order valence-electron chi connectivity index (χ3n) is 4.93. The van der Waals surface area contributed by atoms with Crippen LogP contribution in [0, 0.1) is 0 Å². The van der Waals surface area contributed by atoms with E-state index < -0.39 is 0 Å². The predicted octanol–water partition coefficient (Wildman–Crippen LogP) is 4.83. The lowest BCUT2D eigenvalue weighted by molar-refractivity contribution is 0.102. The van der Waals surface area contributed by atoms with Crippen molar-refractivity contribution in [3.63, 3.8) is 0 Å². The monoisotopic (exact) mass is 393 g/mol. The molecule has 0 aliphatic heterocycles. The highest BCUT2D eigenvalue weighted by molar-refractivity contribution is 7.10. The lowest BCUT2D eigenvalue weighted by atomic mass is 10.0. The van der Waals surface area contributed by atoms with Gasteiger partial charge < -0.3 is 11.1 Å². The maximum atomic E-state index is 12.7. The maximum absolute atomic E-state index is 12.7. The predicted molar refractivity (Wildman–Crippen MR) is 117 cm³/mol. The molecule has 2 heterocycles. The molecule has 0 spiro atoms. The van der Waals surface area contributed by atoms with Crippen LogP contribution in [0.2, 0.25) is 0 Å². The van der Waals surface area contributed by atoms with E-state index in [9.17, 15) is 4.79 Å². The standard InChI is InChI=1S/C22H22N2OS.CH5N/c25-22(20-15-26-21-5-3-1-2-4-19(20)21)24-18-8-6-16(7-9-18)14-17-10-12-23-13-11-17;1-2/h6-13,15H,1-5,14H2,(H,24,25);2H2,1H3. The van der Waals surface area contributed by atoms with E-state index in [1.807, 2.05) is 42.0 Å². The van der Waals surface area contributed by atoms with Gasteiger partial charge in [-0.15, -0.1) is 11.3 Å². The van der Waals surface area contributed by atoms with Crippen LogP contribution in [0.25, 0.3) is 0 Å². The quantitative estimate of drug-likeness (QED) is 0.624. The van der Waals surface area contributed by atoms with Crippen molar-refractivity contribution in [2.24, 2.45) is 5.73 Å². The Morgan fingerprint density at radius 1 is 1.00 bits per heavy atom. The number of pyridine rings is 1. The number of thiophene rings is 1. The third kappa shape index (κ3) is 5.06. The number of hydrogen-bond acceptors (Lipinski definition) is 4. The van der Waals surface area contributed by atoms with Crippen molar-refractivity contribution < 1.29 is 4.79 Å². The van der Waals surface area contributed by atoms with Crippen molar-refractivity contribution in [3.8, 4) is 0 Å². The summed E-state index contributed by atoms with van der Waals surface area (Å²) >= 11 is 1.74. The summed E-state index contributed by atoms with van der Waals surface area (Å²) in [5.41, 5.74) is 9.95. The number of aryl methyl sites for hydroxylation is 1. The molecular weight excluding hydrogens is 366 g/mol. The van der Waals surface area contributed by atoms with E-state index in [2.05, 4.69) is 28.2 Å². The fraction of sp³-hybridized carbons (Fsp3) is 0.304. The largest absolute Gasteiger partial charge is 0.333 e. The van der Waals surface area contributed by atoms with Gasteiger partial charge in [-0.25, -0.2) is 0 Å². The number of carbonyl (C=O) groups is 1. The van der Waals surface area contributed by atoms with E-state index >= 15 is 0 Å². The molecule has 1 aliphatic rings. The molecule has 4 nitrogen and oxygen atoms in total. The molecule has 0 unspecified atom stereocenters. The highest BCUT2D eigenvalue weighted by Gasteiger charge is 2.19. The summed E-state index contributed by atoms with van der Waals surface area (Å²) in [6.07, 6.45) is 10.3. The van der Waals surface area contributed by atoms with Gasteiger partial charge in [0.25, 0.3) is 5.91 Å². The van der Waals surface area contributed by atoms with Crippen molar-refractivity contribution in [2.45, 2.75) is 38.5 Å². The van der Waals surface area contributed by atoms with Crippen LogP contribution in [0.1, 0.15) is 51.2 Å². The molecule has 0 saturated carbocycles. The summed E-state index contributed by atoms with van der Waals surface area (Å²) in [6, 6.07) is 12.2. The number of hydrogen-bond donors (Lipinski definition) is 2. The number of amides is 1. The van der Waals surface area contributed by atoms with Crippen LogP contribution in [-0.2, 0) is 19.3 Å². The van der Waals surface area contributed by atoms with E-state index in [1.165, 1.54) is 47.9 Å².